The minimum Gasteiger partial charge on any atom is -0.493 e. The maximum atomic E-state index is 11.4. The lowest BCUT2D eigenvalue weighted by Crippen LogP contribution is -1.99. The number of carbonyl (C=O) groups is 1. The first-order valence-corrected chi connectivity index (χ1v) is 6.70. The molecule has 0 atom stereocenters. The summed E-state index contributed by atoms with van der Waals surface area (Å²) >= 11 is 0. The first kappa shape index (κ1) is 14.1. The van der Waals surface area contributed by atoms with Gasteiger partial charge in [0.25, 0.3) is 0 Å². The number of hydrogen-bond acceptors (Lipinski definition) is 3. The van der Waals surface area contributed by atoms with E-state index >= 15 is 0 Å². The number of hydrogen-bond donors (Lipinski definition) is 1. The smallest absolute Gasteiger partial charge is 0.339 e. The number of aryl methyl sites for hydroxylation is 1. The average molecular weight is 274 g/mol. The number of carboxylic acid groups (broad SMARTS) is 1. The van der Waals surface area contributed by atoms with Crippen LogP contribution in [0.1, 0.15) is 30.6 Å². The maximum Gasteiger partial charge on any atom is 0.339 e. The number of aromatic carboxylic acids is 1. The van der Waals surface area contributed by atoms with Crippen LogP contribution in [0.3, 0.4) is 0 Å². The van der Waals surface area contributed by atoms with E-state index < -0.39 is 5.97 Å². The van der Waals surface area contributed by atoms with Crippen LogP contribution in [0.5, 0.6) is 5.75 Å². The van der Waals surface area contributed by atoms with E-state index in [1.54, 1.807) is 10.9 Å². The molecule has 5 nitrogen and oxygen atoms in total. The average Bonchev–Trinajstić information content (AvgIpc) is 2.84. The second-order valence-corrected chi connectivity index (χ2v) is 4.39. The molecule has 106 valence electrons. The van der Waals surface area contributed by atoms with Gasteiger partial charge >= 0.3 is 5.97 Å². The molecule has 0 unspecified atom stereocenters. The summed E-state index contributed by atoms with van der Waals surface area (Å²) in [4.78, 5) is 11.4. The quantitative estimate of drug-likeness (QED) is 0.879. The van der Waals surface area contributed by atoms with Gasteiger partial charge in [-0.2, -0.15) is 5.10 Å². The fourth-order valence-electron chi connectivity index (χ4n) is 2.06. The highest BCUT2D eigenvalue weighted by Gasteiger charge is 2.19. The van der Waals surface area contributed by atoms with Crippen molar-refractivity contribution in [3.05, 3.63) is 36.0 Å². The summed E-state index contributed by atoms with van der Waals surface area (Å²) in [6.45, 7) is 5.13. The number of rotatable bonds is 6. The van der Waals surface area contributed by atoms with Crippen LogP contribution in [0.2, 0.25) is 0 Å². The molecule has 0 saturated heterocycles. The van der Waals surface area contributed by atoms with Crippen LogP contribution in [0, 0.1) is 0 Å². The van der Waals surface area contributed by atoms with E-state index in [0.717, 1.165) is 6.42 Å². The zero-order valence-corrected chi connectivity index (χ0v) is 11.7. The van der Waals surface area contributed by atoms with Gasteiger partial charge in [0.05, 0.1) is 6.61 Å². The Morgan fingerprint density at radius 1 is 1.35 bits per heavy atom. The van der Waals surface area contributed by atoms with Gasteiger partial charge in [0, 0.05) is 18.3 Å². The normalized spacial score (nSPS) is 10.5. The van der Waals surface area contributed by atoms with Crippen molar-refractivity contribution in [2.24, 2.45) is 0 Å². The summed E-state index contributed by atoms with van der Waals surface area (Å²) in [5.74, 6) is -0.326. The highest BCUT2D eigenvalue weighted by Crippen LogP contribution is 2.31. The number of para-hydroxylation sites is 1. The van der Waals surface area contributed by atoms with E-state index in [2.05, 4.69) is 5.10 Å². The predicted octanol–water partition coefficient (Wildman–Crippen LogP) is 3.06. The van der Waals surface area contributed by atoms with Crippen LogP contribution in [0.25, 0.3) is 11.3 Å². The van der Waals surface area contributed by atoms with Gasteiger partial charge < -0.3 is 9.84 Å². The number of aromatic nitrogens is 2. The molecule has 0 saturated carbocycles. The van der Waals surface area contributed by atoms with E-state index in [4.69, 9.17) is 4.74 Å². The van der Waals surface area contributed by atoms with Crippen LogP contribution in [-0.4, -0.2) is 27.5 Å². The Balaban J connectivity index is 2.53. The van der Waals surface area contributed by atoms with Gasteiger partial charge in [-0.1, -0.05) is 19.1 Å². The largest absolute Gasteiger partial charge is 0.493 e. The SMILES string of the molecule is CCCn1cc(C(=O)O)c(-c2ccccc2OCC)n1. The monoisotopic (exact) mass is 274 g/mol. The van der Waals surface area contributed by atoms with Crippen molar-refractivity contribution in [3.8, 4) is 17.0 Å². The van der Waals surface area contributed by atoms with Crippen LogP contribution in [-0.2, 0) is 6.54 Å². The molecule has 5 heteroatoms. The zero-order valence-electron chi connectivity index (χ0n) is 11.7. The Hall–Kier alpha value is -2.30. The lowest BCUT2D eigenvalue weighted by Gasteiger charge is -2.08. The predicted molar refractivity (Wildman–Crippen MR) is 76.1 cm³/mol. The minimum absolute atomic E-state index is 0.200. The van der Waals surface area contributed by atoms with Crippen LogP contribution < -0.4 is 4.74 Å². The molecule has 0 aliphatic rings. The highest BCUT2D eigenvalue weighted by atomic mass is 16.5. The second kappa shape index (κ2) is 6.23. The summed E-state index contributed by atoms with van der Waals surface area (Å²) in [5.41, 5.74) is 1.36. The molecule has 1 aromatic carbocycles. The van der Waals surface area contributed by atoms with Crippen molar-refractivity contribution < 1.29 is 14.6 Å². The number of ether oxygens (including phenoxy) is 1. The molecular weight excluding hydrogens is 256 g/mol. The Morgan fingerprint density at radius 3 is 2.75 bits per heavy atom. The molecule has 20 heavy (non-hydrogen) atoms. The fraction of sp³-hybridized carbons (Fsp3) is 0.333. The van der Waals surface area contributed by atoms with Crippen molar-refractivity contribution in [1.29, 1.82) is 0 Å². The number of nitrogens with zero attached hydrogens (tertiary/aromatic N) is 2. The van der Waals surface area contributed by atoms with E-state index in [-0.39, 0.29) is 5.56 Å². The molecule has 2 rings (SSSR count). The Kier molecular flexibility index (Phi) is 4.40. The van der Waals surface area contributed by atoms with Crippen molar-refractivity contribution in [2.75, 3.05) is 6.61 Å². The van der Waals surface area contributed by atoms with Crippen LogP contribution in [0.15, 0.2) is 30.5 Å². The molecule has 2 aromatic rings. The zero-order chi connectivity index (χ0) is 14.5. The van der Waals surface area contributed by atoms with E-state index in [1.165, 1.54) is 0 Å². The molecule has 0 spiro atoms. The van der Waals surface area contributed by atoms with Crippen LogP contribution >= 0.6 is 0 Å². The van der Waals surface area contributed by atoms with E-state index in [0.29, 0.717) is 30.2 Å². The Labute approximate surface area is 117 Å². The third-order valence-corrected chi connectivity index (χ3v) is 2.89. The number of benzene rings is 1. The first-order valence-electron chi connectivity index (χ1n) is 6.70. The molecule has 0 fully saturated rings. The molecule has 1 heterocycles. The molecule has 0 bridgehead atoms. The lowest BCUT2D eigenvalue weighted by atomic mass is 10.1. The highest BCUT2D eigenvalue weighted by molar-refractivity contribution is 5.95. The third kappa shape index (κ3) is 2.82. The summed E-state index contributed by atoms with van der Waals surface area (Å²) in [6, 6.07) is 7.36. The van der Waals surface area contributed by atoms with Crippen molar-refractivity contribution in [1.82, 2.24) is 9.78 Å². The molecule has 0 aliphatic carbocycles. The molecule has 0 aliphatic heterocycles. The minimum atomic E-state index is -0.978. The third-order valence-electron chi connectivity index (χ3n) is 2.89. The fourth-order valence-corrected chi connectivity index (χ4v) is 2.06. The maximum absolute atomic E-state index is 11.4. The van der Waals surface area contributed by atoms with E-state index in [9.17, 15) is 9.90 Å². The number of carboxylic acids is 1. The summed E-state index contributed by atoms with van der Waals surface area (Å²) in [6.07, 6.45) is 2.47. The topological polar surface area (TPSA) is 64.4 Å². The standard InChI is InChI=1S/C15H18N2O3/c1-3-9-17-10-12(15(18)19)14(16-17)11-7-5-6-8-13(11)20-4-2/h5-8,10H,3-4,9H2,1-2H3,(H,18,19). The first-order chi connectivity index (χ1) is 9.67. The van der Waals surface area contributed by atoms with Gasteiger partial charge in [0.1, 0.15) is 17.0 Å². The molecule has 1 N–H and O–H groups in total. The molecule has 0 amide bonds. The Morgan fingerprint density at radius 2 is 2.10 bits per heavy atom. The van der Waals surface area contributed by atoms with Gasteiger partial charge in [-0.15, -0.1) is 0 Å². The molecular formula is C15H18N2O3. The van der Waals surface area contributed by atoms with Gasteiger partial charge in [0.15, 0.2) is 0 Å². The summed E-state index contributed by atoms with van der Waals surface area (Å²) in [5, 5.41) is 13.7. The van der Waals surface area contributed by atoms with Gasteiger partial charge in [0.2, 0.25) is 0 Å². The summed E-state index contributed by atoms with van der Waals surface area (Å²) in [7, 11) is 0. The van der Waals surface area contributed by atoms with Gasteiger partial charge in [-0.05, 0) is 25.5 Å². The molecule has 0 radical (unpaired) electrons. The van der Waals surface area contributed by atoms with Crippen molar-refractivity contribution >= 4 is 5.97 Å². The summed E-state index contributed by atoms with van der Waals surface area (Å²) < 4.78 is 7.22. The van der Waals surface area contributed by atoms with Gasteiger partial charge in [-0.25, -0.2) is 4.79 Å². The van der Waals surface area contributed by atoms with Crippen molar-refractivity contribution in [3.63, 3.8) is 0 Å². The van der Waals surface area contributed by atoms with Gasteiger partial charge in [-0.3, -0.25) is 4.68 Å². The van der Waals surface area contributed by atoms with Crippen molar-refractivity contribution in [2.45, 2.75) is 26.8 Å². The Bertz CT molecular complexity index is 605. The lowest BCUT2D eigenvalue weighted by molar-refractivity contribution is 0.0697. The van der Waals surface area contributed by atoms with E-state index in [1.807, 2.05) is 38.1 Å². The van der Waals surface area contributed by atoms with Crippen LogP contribution in [0.4, 0.5) is 0 Å². The molecule has 1 aromatic heterocycles. The second-order valence-electron chi connectivity index (χ2n) is 4.39.